The van der Waals surface area contributed by atoms with Gasteiger partial charge in [-0.15, -0.1) is 0 Å². The van der Waals surface area contributed by atoms with Crippen molar-refractivity contribution in [2.45, 2.75) is 65.5 Å². The van der Waals surface area contributed by atoms with Crippen molar-refractivity contribution in [1.82, 2.24) is 0 Å². The first kappa shape index (κ1) is 18.8. The van der Waals surface area contributed by atoms with E-state index >= 15 is 0 Å². The van der Waals surface area contributed by atoms with Crippen LogP contribution in [0.5, 0.6) is 0 Å². The van der Waals surface area contributed by atoms with Gasteiger partial charge in [0.15, 0.2) is 0 Å². The fourth-order valence-corrected chi connectivity index (χ4v) is 3.21. The average molecular weight is 326 g/mol. The number of anilines is 1. The molecule has 1 aliphatic rings. The predicted octanol–water partition coefficient (Wildman–Crippen LogP) is 4.45. The summed E-state index contributed by atoms with van der Waals surface area (Å²) in [6, 6.07) is 7.90. The van der Waals surface area contributed by atoms with E-state index in [2.05, 4.69) is 41.8 Å². The van der Waals surface area contributed by atoms with Crippen LogP contribution in [0, 0.1) is 11.8 Å². The van der Waals surface area contributed by atoms with Crippen LogP contribution in [0.3, 0.4) is 0 Å². The summed E-state index contributed by atoms with van der Waals surface area (Å²) in [5.41, 5.74) is 1.85. The zero-order valence-corrected chi connectivity index (χ0v) is 16.0. The Morgan fingerprint density at radius 3 is 2.04 bits per heavy atom. The molecule has 1 aromatic rings. The molecule has 0 bridgehead atoms. The molecule has 1 radical (unpaired) electrons. The number of benzene rings is 1. The number of imide groups is 1. The van der Waals surface area contributed by atoms with Crippen LogP contribution in [-0.4, -0.2) is 19.1 Å². The molecule has 0 spiro atoms. The highest BCUT2D eigenvalue weighted by Crippen LogP contribution is 2.46. The zero-order chi connectivity index (χ0) is 18.3. The lowest BCUT2D eigenvalue weighted by Gasteiger charge is -2.42. The first-order valence-electron chi connectivity index (χ1n) is 8.80. The normalized spacial score (nSPS) is 19.3. The van der Waals surface area contributed by atoms with E-state index in [1.807, 2.05) is 38.1 Å². The Morgan fingerprint density at radius 1 is 1.08 bits per heavy atom. The third-order valence-electron chi connectivity index (χ3n) is 6.17. The molecule has 2 rings (SSSR count). The first-order valence-corrected chi connectivity index (χ1v) is 8.80. The van der Waals surface area contributed by atoms with Crippen LogP contribution in [0.2, 0.25) is 12.1 Å². The van der Waals surface area contributed by atoms with Crippen LogP contribution in [-0.2, 0) is 15.0 Å². The van der Waals surface area contributed by atoms with E-state index in [1.165, 1.54) is 10.5 Å². The lowest BCUT2D eigenvalue weighted by atomic mass is 9.44. The second-order valence-corrected chi connectivity index (χ2v) is 8.30. The third kappa shape index (κ3) is 3.03. The summed E-state index contributed by atoms with van der Waals surface area (Å²) in [5, 5.41) is 0.0382. The molecular formula is C20H29BNO2. The van der Waals surface area contributed by atoms with E-state index in [4.69, 9.17) is 0 Å². The molecule has 1 fully saturated rings. The van der Waals surface area contributed by atoms with Gasteiger partial charge >= 0.3 is 0 Å². The average Bonchev–Trinajstić information content (AvgIpc) is 2.82. The van der Waals surface area contributed by atoms with Crippen LogP contribution in [0.15, 0.2) is 24.3 Å². The molecule has 129 valence electrons. The molecule has 0 aromatic heterocycles. The van der Waals surface area contributed by atoms with E-state index in [-0.39, 0.29) is 34.4 Å². The van der Waals surface area contributed by atoms with Gasteiger partial charge in [0.05, 0.1) is 11.6 Å². The molecule has 3 nitrogen and oxygen atoms in total. The van der Waals surface area contributed by atoms with Crippen LogP contribution >= 0.6 is 0 Å². The van der Waals surface area contributed by atoms with E-state index in [9.17, 15) is 9.59 Å². The van der Waals surface area contributed by atoms with E-state index in [0.29, 0.717) is 12.1 Å². The highest BCUT2D eigenvalue weighted by Gasteiger charge is 2.41. The molecule has 4 heteroatoms. The minimum atomic E-state index is -0.192. The smallest absolute Gasteiger partial charge is 0.237 e. The molecule has 24 heavy (non-hydrogen) atoms. The van der Waals surface area contributed by atoms with Crippen LogP contribution in [0.1, 0.15) is 53.5 Å². The fourth-order valence-electron chi connectivity index (χ4n) is 3.21. The summed E-state index contributed by atoms with van der Waals surface area (Å²) in [4.78, 5) is 26.2. The van der Waals surface area contributed by atoms with Gasteiger partial charge in [-0.1, -0.05) is 65.8 Å². The lowest BCUT2D eigenvalue weighted by molar-refractivity contribution is -0.122. The maximum absolute atomic E-state index is 12.5. The van der Waals surface area contributed by atoms with E-state index in [1.54, 1.807) is 0 Å². The summed E-state index contributed by atoms with van der Waals surface area (Å²) in [6.07, 6.45) is 0.321. The summed E-state index contributed by atoms with van der Waals surface area (Å²) in [6.45, 7) is 15.0. The van der Waals surface area contributed by atoms with Crippen LogP contribution in [0.4, 0.5) is 5.69 Å². The lowest BCUT2D eigenvalue weighted by Crippen LogP contribution is -2.35. The Hall–Kier alpha value is -1.58. The largest absolute Gasteiger partial charge is 0.274 e. The number of rotatable bonds is 5. The van der Waals surface area contributed by atoms with Crippen molar-refractivity contribution in [3.05, 3.63) is 29.8 Å². The third-order valence-corrected chi connectivity index (χ3v) is 6.17. The minimum Gasteiger partial charge on any atom is -0.274 e. The first-order chi connectivity index (χ1) is 11.0. The second-order valence-electron chi connectivity index (χ2n) is 8.30. The van der Waals surface area contributed by atoms with Gasteiger partial charge in [0, 0.05) is 6.42 Å². The Kier molecular flexibility index (Phi) is 4.99. The summed E-state index contributed by atoms with van der Waals surface area (Å²) in [5.74, 6) is -0.162. The van der Waals surface area contributed by atoms with Gasteiger partial charge in [-0.25, -0.2) is 0 Å². The number of hydrogen-bond acceptors (Lipinski definition) is 2. The van der Waals surface area contributed by atoms with Gasteiger partial charge in [-0.3, -0.25) is 14.5 Å². The second kappa shape index (κ2) is 6.38. The number of hydrogen-bond donors (Lipinski definition) is 0. The quantitative estimate of drug-likeness (QED) is 0.592. The van der Waals surface area contributed by atoms with Gasteiger partial charge in [0.1, 0.15) is 7.28 Å². The van der Waals surface area contributed by atoms with Crippen molar-refractivity contribution in [2.75, 3.05) is 4.90 Å². The Labute approximate surface area is 147 Å². The van der Waals surface area contributed by atoms with E-state index < -0.39 is 0 Å². The Morgan fingerprint density at radius 2 is 1.62 bits per heavy atom. The summed E-state index contributed by atoms with van der Waals surface area (Å²) >= 11 is 0. The van der Waals surface area contributed by atoms with Gasteiger partial charge in [-0.05, 0) is 29.0 Å². The molecule has 1 heterocycles. The molecule has 1 atom stereocenters. The molecule has 0 aliphatic carbocycles. The number of amides is 2. The molecule has 2 amide bonds. The number of nitrogens with zero attached hydrogens (tertiary/aromatic N) is 1. The monoisotopic (exact) mass is 326 g/mol. The number of carbonyl (C=O) groups is 2. The van der Waals surface area contributed by atoms with Crippen LogP contribution in [0.25, 0.3) is 0 Å². The van der Waals surface area contributed by atoms with Crippen LogP contribution < -0.4 is 4.90 Å². The maximum Gasteiger partial charge on any atom is 0.237 e. The molecule has 1 unspecified atom stereocenters. The van der Waals surface area contributed by atoms with Crippen molar-refractivity contribution in [2.24, 2.45) is 11.8 Å². The standard InChI is InChI=1S/C20H29BNO2/c1-13(2)16-12-17(23)22(18(16)24)15-10-8-14(9-11-15)19(3,4)20(5,6)21-7/h8-11,13,16H,12H2,1-7H3. The van der Waals surface area contributed by atoms with Gasteiger partial charge in [0.25, 0.3) is 0 Å². The molecular weight excluding hydrogens is 297 g/mol. The topological polar surface area (TPSA) is 37.4 Å². The molecule has 0 saturated carbocycles. The molecule has 0 N–H and O–H groups in total. The summed E-state index contributed by atoms with van der Waals surface area (Å²) < 4.78 is 0. The Bertz CT molecular complexity index is 632. The van der Waals surface area contributed by atoms with E-state index in [0.717, 1.165) is 0 Å². The predicted molar refractivity (Wildman–Crippen MR) is 101 cm³/mol. The van der Waals surface area contributed by atoms with Gasteiger partial charge in [0.2, 0.25) is 11.8 Å². The molecule has 1 aromatic carbocycles. The minimum absolute atomic E-state index is 0.0382. The van der Waals surface area contributed by atoms with Gasteiger partial charge < -0.3 is 0 Å². The molecule has 1 saturated heterocycles. The highest BCUT2D eigenvalue weighted by molar-refractivity contribution is 6.38. The van der Waals surface area contributed by atoms with Crippen molar-refractivity contribution in [3.8, 4) is 0 Å². The van der Waals surface area contributed by atoms with Crippen molar-refractivity contribution < 1.29 is 9.59 Å². The van der Waals surface area contributed by atoms with Crippen molar-refractivity contribution >= 4 is 24.8 Å². The maximum atomic E-state index is 12.5. The number of carbonyl (C=O) groups excluding carboxylic acids is 2. The fraction of sp³-hybridized carbons (Fsp3) is 0.600. The zero-order valence-electron chi connectivity index (χ0n) is 16.0. The van der Waals surface area contributed by atoms with Crippen molar-refractivity contribution in [1.29, 1.82) is 0 Å². The highest BCUT2D eigenvalue weighted by atomic mass is 16.2. The Balaban J connectivity index is 2.31. The van der Waals surface area contributed by atoms with Crippen molar-refractivity contribution in [3.63, 3.8) is 0 Å². The molecule has 1 aliphatic heterocycles. The van der Waals surface area contributed by atoms with Gasteiger partial charge in [-0.2, -0.15) is 0 Å². The summed E-state index contributed by atoms with van der Waals surface area (Å²) in [7, 11) is 2.22. The SMILES string of the molecule is C[B]C(C)(C)C(C)(C)c1ccc(N2C(=O)CC(C(C)C)C2=O)cc1.